The summed E-state index contributed by atoms with van der Waals surface area (Å²) in [6, 6.07) is 14.6. The van der Waals surface area contributed by atoms with E-state index in [4.69, 9.17) is 26.8 Å². The van der Waals surface area contributed by atoms with Gasteiger partial charge in [-0.25, -0.2) is 14.4 Å². The van der Waals surface area contributed by atoms with E-state index in [1.54, 1.807) is 49.7 Å². The average molecular weight is 401 g/mol. The van der Waals surface area contributed by atoms with E-state index in [9.17, 15) is 4.39 Å². The monoisotopic (exact) mass is 400 g/mol. The molecule has 0 aliphatic rings. The quantitative estimate of drug-likeness (QED) is 0.466. The molecule has 8 heteroatoms. The summed E-state index contributed by atoms with van der Waals surface area (Å²) in [6.07, 6.45) is 1.59. The Labute approximate surface area is 166 Å². The van der Waals surface area contributed by atoms with E-state index >= 15 is 0 Å². The van der Waals surface area contributed by atoms with Gasteiger partial charge in [-0.2, -0.15) is 0 Å². The standard InChI is InChI=1S/C20H18ClFN4O2/c1-27-18-8-7-15(11-17(18)21)26-20(23)25-12-13-4-3-9-24-19(13)28-16-6-2-5-14(22)10-16/h2-11H,12H2,1H3,(H3,23,25,26). The Bertz CT molecular complexity index is 997. The minimum absolute atomic E-state index is 0.196. The minimum Gasteiger partial charge on any atom is -0.495 e. The zero-order valence-electron chi connectivity index (χ0n) is 15.0. The average Bonchev–Trinajstić information content (AvgIpc) is 2.67. The maximum absolute atomic E-state index is 13.3. The third-order valence-corrected chi connectivity index (χ3v) is 4.00. The molecule has 2 aromatic carbocycles. The molecule has 144 valence electrons. The van der Waals surface area contributed by atoms with Gasteiger partial charge in [0.25, 0.3) is 0 Å². The summed E-state index contributed by atoms with van der Waals surface area (Å²) < 4.78 is 24.1. The fourth-order valence-electron chi connectivity index (χ4n) is 2.38. The number of pyridine rings is 1. The number of nitrogens with zero attached hydrogens (tertiary/aromatic N) is 2. The molecule has 0 bridgehead atoms. The Morgan fingerprint density at radius 1 is 1.21 bits per heavy atom. The number of rotatable bonds is 6. The zero-order chi connectivity index (χ0) is 19.9. The second kappa shape index (κ2) is 9.05. The van der Waals surface area contributed by atoms with Gasteiger partial charge in [0, 0.05) is 23.5 Å². The largest absolute Gasteiger partial charge is 0.495 e. The summed E-state index contributed by atoms with van der Waals surface area (Å²) in [6.45, 7) is 0.223. The number of aromatic nitrogens is 1. The van der Waals surface area contributed by atoms with Gasteiger partial charge in [0.15, 0.2) is 5.96 Å². The molecule has 0 fully saturated rings. The molecule has 0 aliphatic heterocycles. The van der Waals surface area contributed by atoms with Crippen LogP contribution in [-0.4, -0.2) is 18.1 Å². The highest BCUT2D eigenvalue weighted by atomic mass is 35.5. The van der Waals surface area contributed by atoms with E-state index in [1.165, 1.54) is 12.1 Å². The van der Waals surface area contributed by atoms with Crippen molar-refractivity contribution in [3.63, 3.8) is 0 Å². The van der Waals surface area contributed by atoms with Gasteiger partial charge in [0.1, 0.15) is 17.3 Å². The zero-order valence-corrected chi connectivity index (χ0v) is 15.8. The molecule has 1 aromatic heterocycles. The van der Waals surface area contributed by atoms with E-state index in [0.29, 0.717) is 33.7 Å². The fourth-order valence-corrected chi connectivity index (χ4v) is 2.64. The second-order valence-corrected chi connectivity index (χ2v) is 6.11. The number of anilines is 1. The SMILES string of the molecule is COc1ccc(NC(N)=NCc2cccnc2Oc2cccc(F)c2)cc1Cl. The Kier molecular flexibility index (Phi) is 6.29. The number of guanidine groups is 1. The van der Waals surface area contributed by atoms with Crippen LogP contribution in [0.1, 0.15) is 5.56 Å². The molecule has 0 saturated carbocycles. The van der Waals surface area contributed by atoms with Gasteiger partial charge in [-0.05, 0) is 36.4 Å². The van der Waals surface area contributed by atoms with Crippen molar-refractivity contribution in [2.75, 3.05) is 12.4 Å². The van der Waals surface area contributed by atoms with Crippen molar-refractivity contribution in [1.29, 1.82) is 0 Å². The summed E-state index contributed by atoms with van der Waals surface area (Å²) in [7, 11) is 1.54. The lowest BCUT2D eigenvalue weighted by Gasteiger charge is -2.10. The predicted octanol–water partition coefficient (Wildman–Crippen LogP) is 4.60. The normalized spacial score (nSPS) is 11.2. The summed E-state index contributed by atoms with van der Waals surface area (Å²) in [5.74, 6) is 1.05. The molecular weight excluding hydrogens is 383 g/mol. The first-order chi connectivity index (χ1) is 13.5. The van der Waals surface area contributed by atoms with Gasteiger partial charge < -0.3 is 20.5 Å². The number of halogens is 2. The Balaban J connectivity index is 1.70. The van der Waals surface area contributed by atoms with Crippen molar-refractivity contribution in [3.05, 3.63) is 77.2 Å². The minimum atomic E-state index is -0.389. The Hall–Kier alpha value is -3.32. The maximum Gasteiger partial charge on any atom is 0.224 e. The van der Waals surface area contributed by atoms with Crippen molar-refractivity contribution >= 4 is 23.2 Å². The number of methoxy groups -OCH3 is 1. The molecule has 3 rings (SSSR count). The number of benzene rings is 2. The summed E-state index contributed by atoms with van der Waals surface area (Å²) in [4.78, 5) is 8.49. The van der Waals surface area contributed by atoms with Gasteiger partial charge >= 0.3 is 0 Å². The molecule has 3 N–H and O–H groups in total. The molecule has 6 nitrogen and oxygen atoms in total. The van der Waals surface area contributed by atoms with Crippen LogP contribution in [0.4, 0.5) is 10.1 Å². The summed E-state index contributed by atoms with van der Waals surface area (Å²) in [5.41, 5.74) is 7.32. The van der Waals surface area contributed by atoms with Crippen molar-refractivity contribution in [2.24, 2.45) is 10.7 Å². The number of hydrogen-bond acceptors (Lipinski definition) is 4. The van der Waals surface area contributed by atoms with Crippen molar-refractivity contribution in [2.45, 2.75) is 6.54 Å². The lowest BCUT2D eigenvalue weighted by Crippen LogP contribution is -2.22. The topological polar surface area (TPSA) is 81.8 Å². The van der Waals surface area contributed by atoms with Crippen molar-refractivity contribution in [1.82, 2.24) is 4.98 Å². The number of aliphatic imine (C=N–C) groups is 1. The highest BCUT2D eigenvalue weighted by Crippen LogP contribution is 2.27. The Morgan fingerprint density at radius 3 is 2.82 bits per heavy atom. The van der Waals surface area contributed by atoms with E-state index in [0.717, 1.165) is 0 Å². The molecule has 0 spiro atoms. The number of hydrogen-bond donors (Lipinski definition) is 2. The van der Waals surface area contributed by atoms with Gasteiger partial charge in [0.2, 0.25) is 5.88 Å². The first-order valence-corrected chi connectivity index (χ1v) is 8.71. The molecule has 3 aromatic rings. The van der Waals surface area contributed by atoms with Crippen LogP contribution in [-0.2, 0) is 6.54 Å². The molecular formula is C20H18ClFN4O2. The molecule has 0 amide bonds. The Morgan fingerprint density at radius 2 is 2.07 bits per heavy atom. The number of nitrogens with one attached hydrogen (secondary N) is 1. The smallest absolute Gasteiger partial charge is 0.224 e. The van der Waals surface area contributed by atoms with Crippen LogP contribution in [0.2, 0.25) is 5.02 Å². The van der Waals surface area contributed by atoms with E-state index in [-0.39, 0.29) is 18.3 Å². The lowest BCUT2D eigenvalue weighted by atomic mass is 10.2. The molecule has 0 radical (unpaired) electrons. The predicted molar refractivity (Wildman–Crippen MR) is 108 cm³/mol. The molecule has 28 heavy (non-hydrogen) atoms. The second-order valence-electron chi connectivity index (χ2n) is 5.70. The van der Waals surface area contributed by atoms with E-state index in [1.807, 2.05) is 6.07 Å². The third kappa shape index (κ3) is 5.11. The van der Waals surface area contributed by atoms with E-state index < -0.39 is 0 Å². The van der Waals surface area contributed by atoms with Crippen molar-refractivity contribution < 1.29 is 13.9 Å². The van der Waals surface area contributed by atoms with Gasteiger partial charge in [-0.15, -0.1) is 0 Å². The first-order valence-electron chi connectivity index (χ1n) is 8.33. The van der Waals surface area contributed by atoms with Crippen LogP contribution < -0.4 is 20.5 Å². The van der Waals surface area contributed by atoms with Gasteiger partial charge in [-0.3, -0.25) is 0 Å². The van der Waals surface area contributed by atoms with Gasteiger partial charge in [0.05, 0.1) is 18.7 Å². The number of nitrogens with two attached hydrogens (primary N) is 1. The molecule has 1 heterocycles. The van der Waals surface area contributed by atoms with Crippen LogP contribution >= 0.6 is 11.6 Å². The highest BCUT2D eigenvalue weighted by molar-refractivity contribution is 6.32. The van der Waals surface area contributed by atoms with Crippen LogP contribution in [0, 0.1) is 5.82 Å². The van der Waals surface area contributed by atoms with Crippen LogP contribution in [0.3, 0.4) is 0 Å². The summed E-state index contributed by atoms with van der Waals surface area (Å²) >= 11 is 6.10. The van der Waals surface area contributed by atoms with Gasteiger partial charge in [-0.1, -0.05) is 23.7 Å². The number of ether oxygens (including phenoxy) is 2. The molecule has 0 atom stereocenters. The van der Waals surface area contributed by atoms with Crippen LogP contribution in [0.5, 0.6) is 17.4 Å². The molecule has 0 unspecified atom stereocenters. The fraction of sp³-hybridized carbons (Fsp3) is 0.100. The van der Waals surface area contributed by atoms with Crippen molar-refractivity contribution in [3.8, 4) is 17.4 Å². The highest BCUT2D eigenvalue weighted by Gasteiger charge is 2.07. The third-order valence-electron chi connectivity index (χ3n) is 3.70. The summed E-state index contributed by atoms with van der Waals surface area (Å²) in [5, 5.41) is 3.41. The molecule has 0 aliphatic carbocycles. The molecule has 0 saturated heterocycles. The maximum atomic E-state index is 13.3. The lowest BCUT2D eigenvalue weighted by molar-refractivity contribution is 0.415. The first kappa shape index (κ1) is 19.4. The van der Waals surface area contributed by atoms with Crippen LogP contribution in [0.25, 0.3) is 0 Å². The van der Waals surface area contributed by atoms with E-state index in [2.05, 4.69) is 15.3 Å². The van der Waals surface area contributed by atoms with Crippen LogP contribution in [0.15, 0.2) is 65.8 Å².